The fraction of sp³-hybridized carbons (Fsp3) is 0.353. The fourth-order valence-corrected chi connectivity index (χ4v) is 3.24. The smallest absolute Gasteiger partial charge is 0.319 e. The molecule has 146 valence electrons. The van der Waals surface area contributed by atoms with Crippen molar-refractivity contribution in [2.75, 3.05) is 20.3 Å². The predicted octanol–water partition coefficient (Wildman–Crippen LogP) is 0.633. The van der Waals surface area contributed by atoms with Crippen molar-refractivity contribution < 1.29 is 33.7 Å². The first-order valence-electron chi connectivity index (χ1n) is 7.91. The van der Waals surface area contributed by atoms with Crippen molar-refractivity contribution in [3.63, 3.8) is 0 Å². The Morgan fingerprint density at radius 2 is 2.07 bits per heavy atom. The molecule has 2 N–H and O–H groups in total. The number of rotatable bonds is 7. The van der Waals surface area contributed by atoms with Gasteiger partial charge in [0.25, 0.3) is 0 Å². The van der Waals surface area contributed by atoms with Gasteiger partial charge in [0.05, 0.1) is 30.2 Å². The van der Waals surface area contributed by atoms with E-state index >= 15 is 0 Å². The number of hydrogen-bond acceptors (Lipinski definition) is 7. The number of amides is 2. The highest BCUT2D eigenvalue weighted by Gasteiger charge is 2.39. The summed E-state index contributed by atoms with van der Waals surface area (Å²) in [5, 5.41) is 15.8. The van der Waals surface area contributed by atoms with E-state index in [9.17, 15) is 19.5 Å². The average Bonchev–Trinajstić information content (AvgIpc) is 2.59. The first-order valence-corrected chi connectivity index (χ1v) is 8.70. The van der Waals surface area contributed by atoms with Crippen LogP contribution in [0.1, 0.15) is 18.5 Å². The third kappa shape index (κ3) is 4.70. The second-order valence-electron chi connectivity index (χ2n) is 5.53. The van der Waals surface area contributed by atoms with Gasteiger partial charge in [-0.25, -0.2) is 4.79 Å². The van der Waals surface area contributed by atoms with Gasteiger partial charge in [0.15, 0.2) is 11.5 Å². The highest BCUT2D eigenvalue weighted by Crippen LogP contribution is 2.41. The lowest BCUT2D eigenvalue weighted by atomic mass is 9.89. The summed E-state index contributed by atoms with van der Waals surface area (Å²) in [6.45, 7) is 4.92. The summed E-state index contributed by atoms with van der Waals surface area (Å²) in [4.78, 5) is 34.9. The summed E-state index contributed by atoms with van der Waals surface area (Å²) >= 11 is 3.29. The van der Waals surface area contributed by atoms with Crippen LogP contribution in [0, 0.1) is 5.92 Å². The van der Waals surface area contributed by atoms with Gasteiger partial charge < -0.3 is 34.7 Å². The number of carbonyl (C=O) groups is 3. The molecule has 0 radical (unpaired) electrons. The molecule has 1 saturated heterocycles. The Morgan fingerprint density at radius 1 is 1.37 bits per heavy atom. The molecule has 0 aliphatic carbocycles. The molecular weight excluding hydrogens is 424 g/mol. The number of aliphatic carboxylic acids is 1. The third-order valence-corrected chi connectivity index (χ3v) is 4.34. The summed E-state index contributed by atoms with van der Waals surface area (Å²) in [6, 6.07) is 1.83. The molecule has 2 amide bonds. The first kappa shape index (κ1) is 20.6. The zero-order valence-electron chi connectivity index (χ0n) is 14.7. The molecule has 2 atom stereocenters. The lowest BCUT2D eigenvalue weighted by Gasteiger charge is -2.33. The maximum Gasteiger partial charge on any atom is 0.319 e. The van der Waals surface area contributed by atoms with Gasteiger partial charge in [0.1, 0.15) is 12.5 Å². The molecule has 1 heterocycles. The second kappa shape index (κ2) is 8.76. The van der Waals surface area contributed by atoms with Crippen LogP contribution in [0.25, 0.3) is 0 Å². The number of benzene rings is 1. The van der Waals surface area contributed by atoms with Crippen molar-refractivity contribution >= 4 is 33.9 Å². The van der Waals surface area contributed by atoms with Crippen LogP contribution in [0.2, 0.25) is 0 Å². The Labute approximate surface area is 163 Å². The number of carboxylic acids is 1. The standard InChI is InChI=1S/C17H19BrN2O7/c1-4-26-16(23)13-8(2)19-17(24)20-14(13)9-5-10(18)15(11(6-9)25-3)27-7-12(21)22/h5-6,13-14H,2,4,7H2,1,3H3,(H,21,22)(H2,19,20,24)/p-1/t13-,14+/m0/s1. The molecular formula is C17H18BrN2O7-. The van der Waals surface area contributed by atoms with Crippen molar-refractivity contribution in [2.45, 2.75) is 13.0 Å². The van der Waals surface area contributed by atoms with E-state index in [0.717, 1.165) is 0 Å². The number of nitrogens with one attached hydrogen (secondary N) is 2. The van der Waals surface area contributed by atoms with Crippen LogP contribution < -0.4 is 25.2 Å². The van der Waals surface area contributed by atoms with E-state index in [2.05, 4.69) is 33.1 Å². The second-order valence-corrected chi connectivity index (χ2v) is 6.38. The SMILES string of the molecule is C=C1NC(=O)N[C@H](c2cc(Br)c(OCC(=O)[O-])c(OC)c2)[C@H]1C(=O)OCC. The van der Waals surface area contributed by atoms with Crippen LogP contribution in [-0.2, 0) is 14.3 Å². The minimum atomic E-state index is -1.39. The predicted molar refractivity (Wildman–Crippen MR) is 94.9 cm³/mol. The normalized spacial score (nSPS) is 18.9. The lowest BCUT2D eigenvalue weighted by molar-refractivity contribution is -0.307. The van der Waals surface area contributed by atoms with Gasteiger partial charge in [0, 0.05) is 5.70 Å². The minimum absolute atomic E-state index is 0.150. The summed E-state index contributed by atoms with van der Waals surface area (Å²) in [7, 11) is 1.38. The molecule has 27 heavy (non-hydrogen) atoms. The molecule has 0 spiro atoms. The number of esters is 1. The number of hydrogen-bond donors (Lipinski definition) is 2. The van der Waals surface area contributed by atoms with Crippen LogP contribution in [0.5, 0.6) is 11.5 Å². The molecule has 0 aromatic heterocycles. The molecule has 1 aliphatic heterocycles. The number of carbonyl (C=O) groups excluding carboxylic acids is 3. The van der Waals surface area contributed by atoms with Gasteiger partial charge in [-0.1, -0.05) is 6.58 Å². The monoisotopic (exact) mass is 441 g/mol. The van der Waals surface area contributed by atoms with Gasteiger partial charge in [-0.05, 0) is 40.5 Å². The molecule has 1 aromatic rings. The maximum atomic E-state index is 12.4. The zero-order valence-corrected chi connectivity index (χ0v) is 16.3. The minimum Gasteiger partial charge on any atom is -0.546 e. The number of urea groups is 1. The van der Waals surface area contributed by atoms with Gasteiger partial charge in [0.2, 0.25) is 0 Å². The number of halogens is 1. The molecule has 1 aromatic carbocycles. The summed E-state index contributed by atoms with van der Waals surface area (Å²) in [6.07, 6.45) is 0. The Hall–Kier alpha value is -2.75. The molecule has 0 bridgehead atoms. The van der Waals surface area contributed by atoms with E-state index in [1.807, 2.05) is 0 Å². The third-order valence-electron chi connectivity index (χ3n) is 3.76. The van der Waals surface area contributed by atoms with Crippen molar-refractivity contribution in [3.05, 3.63) is 34.4 Å². The summed E-state index contributed by atoms with van der Waals surface area (Å²) in [5.41, 5.74) is 0.711. The Morgan fingerprint density at radius 3 is 2.67 bits per heavy atom. The van der Waals surface area contributed by atoms with Gasteiger partial charge in [-0.3, -0.25) is 4.79 Å². The quantitative estimate of drug-likeness (QED) is 0.594. The molecule has 0 unspecified atom stereocenters. The van der Waals surface area contributed by atoms with E-state index < -0.39 is 36.5 Å². The van der Waals surface area contributed by atoms with E-state index in [0.29, 0.717) is 10.0 Å². The van der Waals surface area contributed by atoms with Crippen molar-refractivity contribution in [1.29, 1.82) is 0 Å². The number of ether oxygens (including phenoxy) is 3. The molecule has 0 saturated carbocycles. The summed E-state index contributed by atoms with van der Waals surface area (Å²) < 4.78 is 15.9. The largest absolute Gasteiger partial charge is 0.546 e. The van der Waals surface area contributed by atoms with Gasteiger partial charge in [-0.15, -0.1) is 0 Å². The number of carboxylic acid groups (broad SMARTS) is 1. The summed E-state index contributed by atoms with van der Waals surface area (Å²) in [5.74, 6) is -2.45. The van der Waals surface area contributed by atoms with Crippen molar-refractivity contribution in [3.8, 4) is 11.5 Å². The van der Waals surface area contributed by atoms with Crippen molar-refractivity contribution in [2.24, 2.45) is 5.92 Å². The van der Waals surface area contributed by atoms with E-state index in [1.165, 1.54) is 13.2 Å². The zero-order chi connectivity index (χ0) is 20.1. The molecule has 1 fully saturated rings. The van der Waals surface area contributed by atoms with Crippen LogP contribution in [0.3, 0.4) is 0 Å². The van der Waals surface area contributed by atoms with Gasteiger partial charge >= 0.3 is 12.0 Å². The average molecular weight is 442 g/mol. The Bertz CT molecular complexity index is 781. The molecule has 2 rings (SSSR count). The molecule has 10 heteroatoms. The highest BCUT2D eigenvalue weighted by molar-refractivity contribution is 9.10. The van der Waals surface area contributed by atoms with Crippen LogP contribution in [-0.4, -0.2) is 38.3 Å². The van der Waals surface area contributed by atoms with E-state index in [4.69, 9.17) is 14.2 Å². The maximum absolute atomic E-state index is 12.4. The Kier molecular flexibility index (Phi) is 6.67. The van der Waals surface area contributed by atoms with Crippen LogP contribution in [0.4, 0.5) is 4.79 Å². The highest BCUT2D eigenvalue weighted by atomic mass is 79.9. The number of methoxy groups -OCH3 is 1. The lowest BCUT2D eigenvalue weighted by Crippen LogP contribution is -2.51. The topological polar surface area (TPSA) is 126 Å². The first-order chi connectivity index (χ1) is 12.8. The molecule has 9 nitrogen and oxygen atoms in total. The van der Waals surface area contributed by atoms with Crippen LogP contribution in [0.15, 0.2) is 28.9 Å². The van der Waals surface area contributed by atoms with Crippen LogP contribution >= 0.6 is 15.9 Å². The Balaban J connectivity index is 2.44. The molecule has 1 aliphatic rings. The fourth-order valence-electron chi connectivity index (χ4n) is 2.66. The van der Waals surface area contributed by atoms with Gasteiger partial charge in [-0.2, -0.15) is 0 Å². The van der Waals surface area contributed by atoms with E-state index in [-0.39, 0.29) is 23.8 Å². The van der Waals surface area contributed by atoms with Crippen molar-refractivity contribution in [1.82, 2.24) is 10.6 Å². The van der Waals surface area contributed by atoms with E-state index in [1.54, 1.807) is 13.0 Å².